The molecule has 0 saturated carbocycles. The van der Waals surface area contributed by atoms with Crippen molar-refractivity contribution in [1.29, 1.82) is 0 Å². The first kappa shape index (κ1) is 11.9. The minimum absolute atomic E-state index is 0. The van der Waals surface area contributed by atoms with Gasteiger partial charge in [-0.2, -0.15) is 9.90 Å². The molecule has 0 aliphatic carbocycles. The smallest absolute Gasteiger partial charge is 0.358 e. The van der Waals surface area contributed by atoms with Gasteiger partial charge in [-0.05, 0) is 25.9 Å². The maximum Gasteiger partial charge on any atom is 0.358 e. The molecule has 1 aromatic rings. The van der Waals surface area contributed by atoms with Crippen LogP contribution in [0, 0.1) is 0 Å². The second kappa shape index (κ2) is 5.09. The van der Waals surface area contributed by atoms with Crippen LogP contribution >= 0.6 is 12.4 Å². The Morgan fingerprint density at radius 1 is 1.53 bits per heavy atom. The number of nitrogens with zero attached hydrogens (tertiary/aromatic N) is 3. The first-order valence-electron chi connectivity index (χ1n) is 4.63. The summed E-state index contributed by atoms with van der Waals surface area (Å²) >= 11 is 0. The third kappa shape index (κ3) is 2.66. The quantitative estimate of drug-likeness (QED) is 0.768. The van der Waals surface area contributed by atoms with Crippen LogP contribution in [0.25, 0.3) is 0 Å². The molecule has 7 heteroatoms. The van der Waals surface area contributed by atoms with Crippen molar-refractivity contribution in [3.63, 3.8) is 0 Å². The zero-order chi connectivity index (χ0) is 9.97. The van der Waals surface area contributed by atoms with Crippen LogP contribution in [0.5, 0.6) is 0 Å². The van der Waals surface area contributed by atoms with E-state index in [0.717, 1.165) is 25.9 Å². The first-order valence-corrected chi connectivity index (χ1v) is 4.63. The standard InChI is InChI=1S/C8H12N4O2.ClH/c13-8(14)7-5-10-12(11-7)6-1-3-9-4-2-6;/h5-6,9H,1-4H2,(H,13,14);1H. The van der Waals surface area contributed by atoms with E-state index in [1.54, 1.807) is 0 Å². The molecule has 2 N–H and O–H groups in total. The molecule has 1 fully saturated rings. The summed E-state index contributed by atoms with van der Waals surface area (Å²) in [4.78, 5) is 12.1. The van der Waals surface area contributed by atoms with Gasteiger partial charge in [-0.25, -0.2) is 4.79 Å². The van der Waals surface area contributed by atoms with E-state index in [1.165, 1.54) is 11.0 Å². The average molecular weight is 233 g/mol. The lowest BCUT2D eigenvalue weighted by Gasteiger charge is -2.21. The van der Waals surface area contributed by atoms with Gasteiger partial charge in [0.25, 0.3) is 0 Å². The molecule has 0 amide bonds. The summed E-state index contributed by atoms with van der Waals surface area (Å²) in [5, 5.41) is 19.8. The average Bonchev–Trinajstić information content (AvgIpc) is 2.68. The van der Waals surface area contributed by atoms with E-state index >= 15 is 0 Å². The fourth-order valence-corrected chi connectivity index (χ4v) is 1.59. The van der Waals surface area contributed by atoms with Crippen LogP contribution in [0.3, 0.4) is 0 Å². The molecule has 2 rings (SSSR count). The Hall–Kier alpha value is -1.14. The van der Waals surface area contributed by atoms with E-state index in [9.17, 15) is 4.79 Å². The Bertz CT molecular complexity index is 335. The summed E-state index contributed by atoms with van der Waals surface area (Å²) in [6.45, 7) is 1.88. The van der Waals surface area contributed by atoms with E-state index in [2.05, 4.69) is 15.5 Å². The second-order valence-electron chi connectivity index (χ2n) is 3.34. The van der Waals surface area contributed by atoms with E-state index in [0.29, 0.717) is 0 Å². The zero-order valence-electron chi connectivity index (χ0n) is 8.09. The van der Waals surface area contributed by atoms with Gasteiger partial charge in [0, 0.05) is 0 Å². The van der Waals surface area contributed by atoms with Crippen LogP contribution < -0.4 is 5.32 Å². The number of nitrogens with one attached hydrogen (secondary N) is 1. The fourth-order valence-electron chi connectivity index (χ4n) is 1.59. The number of piperidine rings is 1. The Kier molecular flexibility index (Phi) is 4.05. The highest BCUT2D eigenvalue weighted by Crippen LogP contribution is 2.15. The Morgan fingerprint density at radius 3 is 2.73 bits per heavy atom. The molecule has 1 aromatic heterocycles. The molecule has 0 spiro atoms. The zero-order valence-corrected chi connectivity index (χ0v) is 8.90. The summed E-state index contributed by atoms with van der Waals surface area (Å²) < 4.78 is 0. The summed E-state index contributed by atoms with van der Waals surface area (Å²) in [5.74, 6) is -1.02. The summed E-state index contributed by atoms with van der Waals surface area (Å²) in [5.41, 5.74) is 0.0172. The SMILES string of the molecule is Cl.O=C(O)c1cnn(C2CCNCC2)n1. The van der Waals surface area contributed by atoms with Crippen molar-refractivity contribution in [3.8, 4) is 0 Å². The topological polar surface area (TPSA) is 80.0 Å². The highest BCUT2D eigenvalue weighted by atomic mass is 35.5. The van der Waals surface area contributed by atoms with Gasteiger partial charge in [-0.3, -0.25) is 0 Å². The molecule has 1 aliphatic rings. The lowest BCUT2D eigenvalue weighted by molar-refractivity contribution is 0.0689. The molecule has 15 heavy (non-hydrogen) atoms. The van der Waals surface area contributed by atoms with Crippen LogP contribution in [0.1, 0.15) is 29.4 Å². The van der Waals surface area contributed by atoms with Gasteiger partial charge in [0.2, 0.25) is 0 Å². The van der Waals surface area contributed by atoms with Gasteiger partial charge in [0.1, 0.15) is 0 Å². The number of aromatic carboxylic acids is 1. The summed E-state index contributed by atoms with van der Waals surface area (Å²) in [6.07, 6.45) is 3.20. The second-order valence-corrected chi connectivity index (χ2v) is 3.34. The van der Waals surface area contributed by atoms with Gasteiger partial charge >= 0.3 is 5.97 Å². The number of hydrogen-bond acceptors (Lipinski definition) is 4. The number of carboxylic acid groups (broad SMARTS) is 1. The van der Waals surface area contributed by atoms with E-state index in [-0.39, 0.29) is 24.1 Å². The molecule has 0 atom stereocenters. The van der Waals surface area contributed by atoms with Crippen molar-refractivity contribution < 1.29 is 9.90 Å². The van der Waals surface area contributed by atoms with Crippen molar-refractivity contribution in [2.75, 3.05) is 13.1 Å². The van der Waals surface area contributed by atoms with Crippen molar-refractivity contribution >= 4 is 18.4 Å². The van der Waals surface area contributed by atoms with Crippen molar-refractivity contribution in [3.05, 3.63) is 11.9 Å². The molecular weight excluding hydrogens is 220 g/mol. The number of rotatable bonds is 2. The van der Waals surface area contributed by atoms with Crippen LogP contribution in [0.4, 0.5) is 0 Å². The molecular formula is C8H13ClN4O2. The predicted molar refractivity (Wildman–Crippen MR) is 55.4 cm³/mol. The number of aromatic nitrogens is 3. The van der Waals surface area contributed by atoms with Crippen LogP contribution in [-0.4, -0.2) is 39.2 Å². The Labute approximate surface area is 93.1 Å². The Balaban J connectivity index is 0.00000112. The lowest BCUT2D eigenvalue weighted by atomic mass is 10.1. The van der Waals surface area contributed by atoms with E-state index < -0.39 is 5.97 Å². The first-order chi connectivity index (χ1) is 6.77. The minimum Gasteiger partial charge on any atom is -0.476 e. The van der Waals surface area contributed by atoms with Crippen LogP contribution in [0.15, 0.2) is 6.20 Å². The van der Waals surface area contributed by atoms with E-state index in [4.69, 9.17) is 5.11 Å². The third-order valence-corrected chi connectivity index (χ3v) is 2.36. The van der Waals surface area contributed by atoms with Crippen LogP contribution in [-0.2, 0) is 0 Å². The minimum atomic E-state index is -1.02. The molecule has 6 nitrogen and oxygen atoms in total. The van der Waals surface area contributed by atoms with Gasteiger partial charge in [-0.1, -0.05) is 0 Å². The molecule has 1 aliphatic heterocycles. The van der Waals surface area contributed by atoms with Crippen molar-refractivity contribution in [1.82, 2.24) is 20.3 Å². The molecule has 84 valence electrons. The summed E-state index contributed by atoms with van der Waals surface area (Å²) in [6, 6.07) is 0.240. The number of carbonyl (C=O) groups is 1. The van der Waals surface area contributed by atoms with Gasteiger partial charge in [0.05, 0.1) is 12.2 Å². The molecule has 0 bridgehead atoms. The maximum atomic E-state index is 10.6. The van der Waals surface area contributed by atoms with Gasteiger partial charge in [-0.15, -0.1) is 17.5 Å². The van der Waals surface area contributed by atoms with Crippen LogP contribution in [0.2, 0.25) is 0 Å². The highest BCUT2D eigenvalue weighted by molar-refractivity contribution is 5.85. The van der Waals surface area contributed by atoms with Gasteiger partial charge in [0.15, 0.2) is 5.69 Å². The largest absolute Gasteiger partial charge is 0.476 e. The molecule has 2 heterocycles. The van der Waals surface area contributed by atoms with Crippen molar-refractivity contribution in [2.24, 2.45) is 0 Å². The molecule has 0 radical (unpaired) electrons. The summed E-state index contributed by atoms with van der Waals surface area (Å²) in [7, 11) is 0. The third-order valence-electron chi connectivity index (χ3n) is 2.36. The van der Waals surface area contributed by atoms with Crippen molar-refractivity contribution in [2.45, 2.75) is 18.9 Å². The monoisotopic (exact) mass is 232 g/mol. The number of carboxylic acids is 1. The van der Waals surface area contributed by atoms with E-state index in [1.807, 2.05) is 0 Å². The lowest BCUT2D eigenvalue weighted by Crippen LogP contribution is -2.30. The number of halogens is 1. The fraction of sp³-hybridized carbons (Fsp3) is 0.625. The Morgan fingerprint density at radius 2 is 2.20 bits per heavy atom. The van der Waals surface area contributed by atoms with Gasteiger partial charge < -0.3 is 10.4 Å². The number of hydrogen-bond donors (Lipinski definition) is 2. The maximum absolute atomic E-state index is 10.6. The molecule has 0 unspecified atom stereocenters. The predicted octanol–water partition coefficient (Wildman–Crippen LogP) is 0.323. The highest BCUT2D eigenvalue weighted by Gasteiger charge is 2.18. The molecule has 1 saturated heterocycles. The normalized spacial score (nSPS) is 17.1. The molecule has 0 aromatic carbocycles.